The molecule has 0 spiro atoms. The maximum Gasteiger partial charge on any atom is 0.490 e. The molecule has 1 saturated heterocycles. The van der Waals surface area contributed by atoms with Crippen LogP contribution in [-0.4, -0.2) is 86.3 Å². The topological polar surface area (TPSA) is 139 Å². The predicted molar refractivity (Wildman–Crippen MR) is 150 cm³/mol. The quantitative estimate of drug-likeness (QED) is 0.249. The van der Waals surface area contributed by atoms with Crippen LogP contribution in [0.2, 0.25) is 0 Å². The van der Waals surface area contributed by atoms with E-state index in [9.17, 15) is 30.7 Å². The van der Waals surface area contributed by atoms with Gasteiger partial charge in [0, 0.05) is 48.1 Å². The number of carboxylic acid groups (broad SMARTS) is 2. The molecule has 4 aromatic rings. The van der Waals surface area contributed by atoms with Crippen molar-refractivity contribution >= 4 is 17.6 Å². The number of hydrogen-bond acceptors (Lipinski definition) is 8. The van der Waals surface area contributed by atoms with Gasteiger partial charge >= 0.3 is 24.3 Å². The first-order valence-electron chi connectivity index (χ1n) is 13.5. The third-order valence-corrected chi connectivity index (χ3v) is 6.61. The van der Waals surface area contributed by atoms with E-state index in [1.807, 2.05) is 24.4 Å². The molecular weight excluding hydrogens is 647 g/mol. The number of carboxylic acids is 2. The Kier molecular flexibility index (Phi) is 12.0. The summed E-state index contributed by atoms with van der Waals surface area (Å²) in [7, 11) is 3.23. The first-order chi connectivity index (χ1) is 22.0. The van der Waals surface area contributed by atoms with Crippen LogP contribution in [0.15, 0.2) is 54.9 Å². The molecule has 0 bridgehead atoms. The lowest BCUT2D eigenvalue weighted by molar-refractivity contribution is -0.193. The van der Waals surface area contributed by atoms with Crippen molar-refractivity contribution in [2.45, 2.75) is 37.7 Å². The Balaban J connectivity index is 0.000000360. The lowest BCUT2D eigenvalue weighted by Crippen LogP contribution is -2.34. The van der Waals surface area contributed by atoms with Gasteiger partial charge in [-0.3, -0.25) is 4.90 Å². The summed E-state index contributed by atoms with van der Waals surface area (Å²) in [6.45, 7) is 2.68. The molecule has 254 valence electrons. The summed E-state index contributed by atoms with van der Waals surface area (Å²) in [5.74, 6) is -3.46. The number of pyridine rings is 2. The fourth-order valence-corrected chi connectivity index (χ4v) is 4.52. The minimum atomic E-state index is -5.08. The Hall–Kier alpha value is -5.00. The van der Waals surface area contributed by atoms with Crippen LogP contribution in [0.1, 0.15) is 30.1 Å². The second kappa shape index (κ2) is 15.5. The highest BCUT2D eigenvalue weighted by Gasteiger charge is 2.39. The number of methoxy groups -OCH3 is 2. The van der Waals surface area contributed by atoms with Crippen LogP contribution in [0.25, 0.3) is 16.8 Å². The lowest BCUT2D eigenvalue weighted by atomic mass is 9.97. The van der Waals surface area contributed by atoms with Crippen molar-refractivity contribution in [3.63, 3.8) is 0 Å². The maximum absolute atomic E-state index is 13.9. The highest BCUT2D eigenvalue weighted by Crippen LogP contribution is 2.32. The van der Waals surface area contributed by atoms with Gasteiger partial charge in [0.2, 0.25) is 5.88 Å². The molecule has 1 unspecified atom stereocenters. The smallest absolute Gasteiger partial charge is 0.490 e. The standard InChI is InChI=1S/C25H26FN5O2.2C2HF3O2/c1-32-22-9-8-20(26)13-21(22)17-7-10-23-28-24(29-31(23)16-17)18-6-4-12-30(14-18)15-19-5-3-11-27-25(19)33-2;2*3-2(4,5)1(6)7/h3,5,7-11,13,16,18H,4,6,12,14-15H2,1-2H3;2*(H,6,7). The minimum Gasteiger partial charge on any atom is -0.496 e. The van der Waals surface area contributed by atoms with Crippen molar-refractivity contribution in [1.29, 1.82) is 0 Å². The SMILES string of the molecule is COc1ccc(F)cc1-c1ccc2nc(C3CCCN(Cc4cccnc4OC)C3)nn2c1.O=C(O)C(F)(F)F.O=C(O)C(F)(F)F. The van der Waals surface area contributed by atoms with E-state index in [0.717, 1.165) is 55.1 Å². The summed E-state index contributed by atoms with van der Waals surface area (Å²) >= 11 is 0. The van der Waals surface area contributed by atoms with Crippen LogP contribution in [-0.2, 0) is 16.1 Å². The zero-order valence-corrected chi connectivity index (χ0v) is 24.7. The molecule has 47 heavy (non-hydrogen) atoms. The third-order valence-electron chi connectivity index (χ3n) is 6.61. The monoisotopic (exact) mass is 675 g/mol. The Bertz CT molecular complexity index is 1660. The van der Waals surface area contributed by atoms with Gasteiger partial charge in [-0.05, 0) is 55.8 Å². The second-order valence-electron chi connectivity index (χ2n) is 9.89. The van der Waals surface area contributed by atoms with Gasteiger partial charge in [0.15, 0.2) is 11.5 Å². The summed E-state index contributed by atoms with van der Waals surface area (Å²) in [5, 5.41) is 19.0. The van der Waals surface area contributed by atoms with Crippen molar-refractivity contribution in [1.82, 2.24) is 24.5 Å². The second-order valence-corrected chi connectivity index (χ2v) is 9.89. The van der Waals surface area contributed by atoms with Gasteiger partial charge in [0.05, 0.1) is 14.2 Å². The highest BCUT2D eigenvalue weighted by atomic mass is 19.4. The van der Waals surface area contributed by atoms with Crippen LogP contribution < -0.4 is 9.47 Å². The van der Waals surface area contributed by atoms with E-state index in [1.54, 1.807) is 31.0 Å². The lowest BCUT2D eigenvalue weighted by Gasteiger charge is -2.31. The number of hydrogen-bond donors (Lipinski definition) is 2. The first-order valence-corrected chi connectivity index (χ1v) is 13.5. The van der Waals surface area contributed by atoms with Crippen LogP contribution in [0.3, 0.4) is 0 Å². The van der Waals surface area contributed by atoms with Crippen molar-refractivity contribution < 1.29 is 60.0 Å². The van der Waals surface area contributed by atoms with Crippen molar-refractivity contribution in [3.05, 3.63) is 72.1 Å². The van der Waals surface area contributed by atoms with Crippen LogP contribution in [0.5, 0.6) is 11.6 Å². The molecule has 0 aliphatic carbocycles. The number of halogens is 7. The number of aromatic nitrogens is 4. The Morgan fingerprint density at radius 3 is 2.23 bits per heavy atom. The van der Waals surface area contributed by atoms with E-state index in [-0.39, 0.29) is 11.7 Å². The van der Waals surface area contributed by atoms with Gasteiger partial charge in [-0.2, -0.15) is 31.4 Å². The van der Waals surface area contributed by atoms with Gasteiger partial charge in [0.25, 0.3) is 0 Å². The molecule has 3 aromatic heterocycles. The van der Waals surface area contributed by atoms with Crippen molar-refractivity contribution in [2.24, 2.45) is 0 Å². The number of rotatable bonds is 6. The average molecular weight is 676 g/mol. The molecule has 2 N–H and O–H groups in total. The summed E-state index contributed by atoms with van der Waals surface area (Å²) in [5.41, 5.74) is 3.36. The van der Waals surface area contributed by atoms with E-state index in [4.69, 9.17) is 39.4 Å². The van der Waals surface area contributed by atoms with Gasteiger partial charge in [0.1, 0.15) is 11.6 Å². The number of piperidine rings is 1. The number of fused-ring (bicyclic) bond motifs is 1. The number of carbonyl (C=O) groups is 2. The predicted octanol–water partition coefficient (Wildman–Crippen LogP) is 5.59. The zero-order valence-electron chi connectivity index (χ0n) is 24.7. The molecule has 0 saturated carbocycles. The third kappa shape index (κ3) is 10.2. The fourth-order valence-electron chi connectivity index (χ4n) is 4.52. The van der Waals surface area contributed by atoms with Gasteiger partial charge in [-0.15, -0.1) is 0 Å². The van der Waals surface area contributed by atoms with E-state index < -0.39 is 24.3 Å². The Labute approximate surface area is 262 Å². The van der Waals surface area contributed by atoms with Crippen LogP contribution in [0.4, 0.5) is 30.7 Å². The normalized spacial score (nSPS) is 15.1. The Morgan fingerprint density at radius 1 is 0.979 bits per heavy atom. The molecule has 1 aliphatic heterocycles. The summed E-state index contributed by atoms with van der Waals surface area (Å²) in [6, 6.07) is 12.3. The number of alkyl halides is 6. The summed E-state index contributed by atoms with van der Waals surface area (Å²) in [4.78, 5) is 29.3. The zero-order chi connectivity index (χ0) is 34.9. The van der Waals surface area contributed by atoms with Crippen molar-refractivity contribution in [2.75, 3.05) is 27.3 Å². The number of ether oxygens (including phenoxy) is 2. The molecule has 5 rings (SSSR count). The van der Waals surface area contributed by atoms with Crippen LogP contribution in [0, 0.1) is 5.82 Å². The summed E-state index contributed by atoms with van der Waals surface area (Å²) in [6.07, 6.45) is -4.42. The molecule has 1 aliphatic rings. The molecule has 0 radical (unpaired) electrons. The molecule has 1 atom stereocenters. The average Bonchev–Trinajstić information content (AvgIpc) is 3.45. The molecule has 18 heteroatoms. The molecule has 0 amide bonds. The molecule has 11 nitrogen and oxygen atoms in total. The van der Waals surface area contributed by atoms with E-state index >= 15 is 0 Å². The van der Waals surface area contributed by atoms with E-state index in [2.05, 4.69) is 16.0 Å². The van der Waals surface area contributed by atoms with Gasteiger partial charge in [-0.1, -0.05) is 6.07 Å². The molecule has 1 fully saturated rings. The Morgan fingerprint density at radius 2 is 1.64 bits per heavy atom. The van der Waals surface area contributed by atoms with E-state index in [0.29, 0.717) is 17.2 Å². The first kappa shape index (κ1) is 36.5. The van der Waals surface area contributed by atoms with Gasteiger partial charge in [-0.25, -0.2) is 28.5 Å². The van der Waals surface area contributed by atoms with E-state index in [1.165, 1.54) is 12.1 Å². The number of nitrogens with zero attached hydrogens (tertiary/aromatic N) is 5. The number of likely N-dealkylation sites (tertiary alicyclic amines) is 1. The fraction of sp³-hybridized carbons (Fsp3) is 0.345. The van der Waals surface area contributed by atoms with Gasteiger partial charge < -0.3 is 19.7 Å². The highest BCUT2D eigenvalue weighted by molar-refractivity contribution is 5.73. The molecule has 1 aromatic carbocycles. The van der Waals surface area contributed by atoms with Crippen LogP contribution >= 0.6 is 0 Å². The molecule has 4 heterocycles. The minimum absolute atomic E-state index is 0.244. The number of aliphatic carboxylic acids is 2. The molecular formula is C29H28F7N5O6. The summed E-state index contributed by atoms with van der Waals surface area (Å²) < 4.78 is 89.9. The van der Waals surface area contributed by atoms with Crippen molar-refractivity contribution in [3.8, 4) is 22.8 Å². The maximum atomic E-state index is 13.9. The number of benzene rings is 1. The largest absolute Gasteiger partial charge is 0.496 e.